The van der Waals surface area contributed by atoms with Crippen molar-refractivity contribution in [3.63, 3.8) is 0 Å². The highest BCUT2D eigenvalue weighted by Gasteiger charge is 2.02. The molecule has 0 spiro atoms. The fourth-order valence-electron chi connectivity index (χ4n) is 1.06. The molecule has 0 amide bonds. The van der Waals surface area contributed by atoms with Gasteiger partial charge in [-0.3, -0.25) is 4.68 Å². The summed E-state index contributed by atoms with van der Waals surface area (Å²) in [6.45, 7) is 4.03. The van der Waals surface area contributed by atoms with Gasteiger partial charge in [-0.15, -0.1) is 0 Å². The Hall–Kier alpha value is -0.830. The van der Waals surface area contributed by atoms with Crippen LogP contribution >= 0.6 is 0 Å². The van der Waals surface area contributed by atoms with Crippen LogP contribution in [0.2, 0.25) is 0 Å². The van der Waals surface area contributed by atoms with Crippen LogP contribution in [0.3, 0.4) is 0 Å². The fourth-order valence-corrected chi connectivity index (χ4v) is 1.06. The third-order valence-corrected chi connectivity index (χ3v) is 1.70. The van der Waals surface area contributed by atoms with Crippen molar-refractivity contribution >= 4 is 0 Å². The average molecular weight is 153 g/mol. The molecule has 0 aliphatic heterocycles. The molecule has 0 aliphatic carbocycles. The van der Waals surface area contributed by atoms with Gasteiger partial charge in [0.05, 0.1) is 5.69 Å². The van der Waals surface area contributed by atoms with Crippen molar-refractivity contribution in [2.45, 2.75) is 26.3 Å². The molecule has 0 saturated heterocycles. The molecule has 1 aromatic rings. The summed E-state index contributed by atoms with van der Waals surface area (Å²) in [7, 11) is 1.94. The van der Waals surface area contributed by atoms with Gasteiger partial charge in [-0.05, 0) is 19.9 Å². The first-order chi connectivity index (χ1) is 5.09. The van der Waals surface area contributed by atoms with Crippen molar-refractivity contribution in [1.82, 2.24) is 9.78 Å². The van der Waals surface area contributed by atoms with Crippen molar-refractivity contribution in [1.29, 1.82) is 0 Å². The molecule has 0 aliphatic rings. The molecule has 62 valence electrons. The topological polar surface area (TPSA) is 43.8 Å². The number of hydrogen-bond donors (Lipinski definition) is 1. The number of nitrogens with two attached hydrogens (primary N) is 1. The molecule has 1 atom stereocenters. The van der Waals surface area contributed by atoms with Gasteiger partial charge in [-0.1, -0.05) is 0 Å². The quantitative estimate of drug-likeness (QED) is 0.676. The minimum absolute atomic E-state index is 0.198. The highest BCUT2D eigenvalue weighted by Crippen LogP contribution is 2.02. The maximum atomic E-state index is 5.63. The molecule has 1 rings (SSSR count). The summed E-state index contributed by atoms with van der Waals surface area (Å²) in [6.07, 6.45) is 0.863. The monoisotopic (exact) mass is 153 g/mol. The predicted octanol–water partition coefficient (Wildman–Crippen LogP) is 0.618. The van der Waals surface area contributed by atoms with E-state index in [1.807, 2.05) is 25.6 Å². The zero-order valence-electron chi connectivity index (χ0n) is 7.33. The molecule has 3 nitrogen and oxygen atoms in total. The van der Waals surface area contributed by atoms with Gasteiger partial charge in [0.1, 0.15) is 0 Å². The lowest BCUT2D eigenvalue weighted by Gasteiger charge is -1.98. The summed E-state index contributed by atoms with van der Waals surface area (Å²) < 4.78 is 1.87. The SMILES string of the molecule is Cc1cc(CC(C)N)nn1C. The Morgan fingerprint density at radius 1 is 1.73 bits per heavy atom. The Kier molecular flexibility index (Phi) is 2.29. The van der Waals surface area contributed by atoms with Gasteiger partial charge in [0.25, 0.3) is 0 Å². The Labute approximate surface area is 67.2 Å². The van der Waals surface area contributed by atoms with E-state index in [9.17, 15) is 0 Å². The highest BCUT2D eigenvalue weighted by atomic mass is 15.3. The van der Waals surface area contributed by atoms with Crippen LogP contribution < -0.4 is 5.73 Å². The second-order valence-electron chi connectivity index (χ2n) is 3.08. The van der Waals surface area contributed by atoms with Crippen molar-refractivity contribution in [2.75, 3.05) is 0 Å². The van der Waals surface area contributed by atoms with Crippen LogP contribution in [0.25, 0.3) is 0 Å². The van der Waals surface area contributed by atoms with E-state index in [1.54, 1.807) is 0 Å². The first-order valence-electron chi connectivity index (χ1n) is 3.84. The van der Waals surface area contributed by atoms with E-state index in [0.29, 0.717) is 0 Å². The third kappa shape index (κ3) is 2.05. The van der Waals surface area contributed by atoms with Gasteiger partial charge in [-0.25, -0.2) is 0 Å². The van der Waals surface area contributed by atoms with Crippen LogP contribution in [0, 0.1) is 6.92 Å². The summed E-state index contributed by atoms with van der Waals surface area (Å²) in [5, 5.41) is 4.29. The van der Waals surface area contributed by atoms with Gasteiger partial charge in [0, 0.05) is 25.2 Å². The lowest BCUT2D eigenvalue weighted by Crippen LogP contribution is -2.18. The van der Waals surface area contributed by atoms with Gasteiger partial charge >= 0.3 is 0 Å². The van der Waals surface area contributed by atoms with E-state index in [4.69, 9.17) is 5.73 Å². The van der Waals surface area contributed by atoms with Crippen molar-refractivity contribution in [2.24, 2.45) is 12.8 Å². The van der Waals surface area contributed by atoms with E-state index >= 15 is 0 Å². The summed E-state index contributed by atoms with van der Waals surface area (Å²) in [5.41, 5.74) is 7.90. The standard InChI is InChI=1S/C8H15N3/c1-6(9)4-8-5-7(2)11(3)10-8/h5-6H,4,9H2,1-3H3. The molecular formula is C8H15N3. The van der Waals surface area contributed by atoms with Gasteiger partial charge in [-0.2, -0.15) is 5.10 Å². The zero-order chi connectivity index (χ0) is 8.43. The first-order valence-corrected chi connectivity index (χ1v) is 3.84. The molecule has 1 unspecified atom stereocenters. The average Bonchev–Trinajstić information content (AvgIpc) is 2.10. The van der Waals surface area contributed by atoms with Crippen LogP contribution in [0.15, 0.2) is 6.07 Å². The molecule has 3 heteroatoms. The molecule has 1 heterocycles. The number of aromatic nitrogens is 2. The molecule has 0 fully saturated rings. The van der Waals surface area contributed by atoms with Crippen LogP contribution in [0.5, 0.6) is 0 Å². The van der Waals surface area contributed by atoms with E-state index in [0.717, 1.165) is 12.1 Å². The smallest absolute Gasteiger partial charge is 0.0642 e. The zero-order valence-corrected chi connectivity index (χ0v) is 7.33. The lowest BCUT2D eigenvalue weighted by atomic mass is 10.2. The minimum Gasteiger partial charge on any atom is -0.328 e. The Morgan fingerprint density at radius 2 is 2.36 bits per heavy atom. The van der Waals surface area contributed by atoms with Crippen molar-refractivity contribution in [3.8, 4) is 0 Å². The van der Waals surface area contributed by atoms with E-state index in [-0.39, 0.29) is 6.04 Å². The Bertz CT molecular complexity index is 218. The number of nitrogens with zero attached hydrogens (tertiary/aromatic N) is 2. The fraction of sp³-hybridized carbons (Fsp3) is 0.625. The molecule has 0 bridgehead atoms. The summed E-state index contributed by atoms with van der Waals surface area (Å²) in [6, 6.07) is 2.27. The Morgan fingerprint density at radius 3 is 2.73 bits per heavy atom. The summed E-state index contributed by atoms with van der Waals surface area (Å²) in [5.74, 6) is 0. The molecule has 0 aromatic carbocycles. The van der Waals surface area contributed by atoms with Crippen LogP contribution in [0.4, 0.5) is 0 Å². The molecule has 0 radical (unpaired) electrons. The second-order valence-corrected chi connectivity index (χ2v) is 3.08. The predicted molar refractivity (Wildman–Crippen MR) is 45.3 cm³/mol. The van der Waals surface area contributed by atoms with E-state index < -0.39 is 0 Å². The van der Waals surface area contributed by atoms with E-state index in [2.05, 4.69) is 11.2 Å². The summed E-state index contributed by atoms with van der Waals surface area (Å²) in [4.78, 5) is 0. The third-order valence-electron chi connectivity index (χ3n) is 1.70. The van der Waals surface area contributed by atoms with Crippen molar-refractivity contribution in [3.05, 3.63) is 17.5 Å². The molecule has 0 saturated carbocycles. The number of hydrogen-bond acceptors (Lipinski definition) is 2. The number of rotatable bonds is 2. The largest absolute Gasteiger partial charge is 0.328 e. The van der Waals surface area contributed by atoms with Gasteiger partial charge in [0.15, 0.2) is 0 Å². The van der Waals surface area contributed by atoms with Crippen LogP contribution in [-0.2, 0) is 13.5 Å². The molecule has 2 N–H and O–H groups in total. The molecule has 11 heavy (non-hydrogen) atoms. The molecular weight excluding hydrogens is 138 g/mol. The summed E-state index contributed by atoms with van der Waals surface area (Å²) >= 11 is 0. The maximum Gasteiger partial charge on any atom is 0.0642 e. The number of aryl methyl sites for hydroxylation is 2. The second kappa shape index (κ2) is 3.05. The minimum atomic E-state index is 0.198. The van der Waals surface area contributed by atoms with E-state index in [1.165, 1.54) is 5.69 Å². The maximum absolute atomic E-state index is 5.63. The first kappa shape index (κ1) is 8.27. The van der Waals surface area contributed by atoms with Crippen molar-refractivity contribution < 1.29 is 0 Å². The van der Waals surface area contributed by atoms with Gasteiger partial charge in [0.2, 0.25) is 0 Å². The highest BCUT2D eigenvalue weighted by molar-refractivity contribution is 5.09. The van der Waals surface area contributed by atoms with Crippen LogP contribution in [0.1, 0.15) is 18.3 Å². The van der Waals surface area contributed by atoms with Crippen LogP contribution in [-0.4, -0.2) is 15.8 Å². The normalized spacial score (nSPS) is 13.5. The van der Waals surface area contributed by atoms with Gasteiger partial charge < -0.3 is 5.73 Å². The lowest BCUT2D eigenvalue weighted by molar-refractivity contribution is 0.678. The molecule has 1 aromatic heterocycles. The Balaban J connectivity index is 2.73.